The molecule has 6 nitrogen and oxygen atoms in total. The zero-order chi connectivity index (χ0) is 11.8. The first kappa shape index (κ1) is 10.5. The molecular weight excluding hydrogens is 240 g/mol. The monoisotopic (exact) mass is 250 g/mol. The van der Waals surface area contributed by atoms with Crippen LogP contribution in [0.25, 0.3) is 0 Å². The summed E-state index contributed by atoms with van der Waals surface area (Å²) in [5.74, 6) is 0.275. The van der Waals surface area contributed by atoms with Gasteiger partial charge in [-0.15, -0.1) is 5.10 Å². The normalized spacial score (nSPS) is 15.1. The van der Waals surface area contributed by atoms with E-state index in [9.17, 15) is 4.79 Å². The second-order valence-electron chi connectivity index (χ2n) is 3.91. The zero-order valence-electron chi connectivity index (χ0n) is 9.16. The summed E-state index contributed by atoms with van der Waals surface area (Å²) in [5.41, 5.74) is 0. The Balaban J connectivity index is 1.81. The minimum Gasteiger partial charge on any atom is -0.446 e. The van der Waals surface area contributed by atoms with E-state index >= 15 is 0 Å². The third kappa shape index (κ3) is 2.10. The summed E-state index contributed by atoms with van der Waals surface area (Å²) in [6.45, 7) is 1.47. The largest absolute Gasteiger partial charge is 0.446 e. The third-order valence-electron chi connectivity index (χ3n) is 2.48. The Morgan fingerprint density at radius 2 is 2.35 bits per heavy atom. The summed E-state index contributed by atoms with van der Waals surface area (Å²) in [5, 5.41) is 12.9. The van der Waals surface area contributed by atoms with Crippen LogP contribution in [0.4, 0.5) is 0 Å². The molecule has 1 aliphatic rings. The summed E-state index contributed by atoms with van der Waals surface area (Å²) in [4.78, 5) is 11.1. The van der Waals surface area contributed by atoms with Crippen molar-refractivity contribution in [2.45, 2.75) is 36.1 Å². The number of aromatic nitrogens is 4. The van der Waals surface area contributed by atoms with Crippen LogP contribution in [0.5, 0.6) is 0 Å². The van der Waals surface area contributed by atoms with Crippen LogP contribution >= 0.6 is 11.8 Å². The van der Waals surface area contributed by atoms with Gasteiger partial charge in [0.2, 0.25) is 5.16 Å². The highest BCUT2D eigenvalue weighted by Crippen LogP contribution is 2.38. The zero-order valence-corrected chi connectivity index (χ0v) is 9.98. The summed E-state index contributed by atoms with van der Waals surface area (Å²) in [6.07, 6.45) is 2.24. The van der Waals surface area contributed by atoms with E-state index in [1.807, 2.05) is 0 Å². The fourth-order valence-electron chi connectivity index (χ4n) is 1.46. The minimum atomic E-state index is -0.0846. The van der Waals surface area contributed by atoms with Crippen LogP contribution in [0.1, 0.15) is 36.4 Å². The first-order valence-corrected chi connectivity index (χ1v) is 6.12. The second kappa shape index (κ2) is 3.99. The molecule has 2 aromatic rings. The molecule has 0 unspecified atom stereocenters. The molecule has 17 heavy (non-hydrogen) atoms. The van der Waals surface area contributed by atoms with Gasteiger partial charge in [-0.25, -0.2) is 4.68 Å². The van der Waals surface area contributed by atoms with E-state index in [-0.39, 0.29) is 5.78 Å². The van der Waals surface area contributed by atoms with Crippen LogP contribution < -0.4 is 0 Å². The van der Waals surface area contributed by atoms with E-state index < -0.39 is 0 Å². The molecule has 3 rings (SSSR count). The molecule has 1 fully saturated rings. The van der Waals surface area contributed by atoms with Gasteiger partial charge in [0.25, 0.3) is 0 Å². The highest BCUT2D eigenvalue weighted by molar-refractivity contribution is 7.99. The molecule has 0 spiro atoms. The molecular formula is C10H10N4O2S. The van der Waals surface area contributed by atoms with Crippen molar-refractivity contribution in [1.82, 2.24) is 20.2 Å². The first-order chi connectivity index (χ1) is 8.24. The smallest absolute Gasteiger partial charge is 0.217 e. The lowest BCUT2D eigenvalue weighted by Gasteiger charge is -1.98. The lowest BCUT2D eigenvalue weighted by molar-refractivity contribution is 0.0982. The highest BCUT2D eigenvalue weighted by atomic mass is 32.2. The predicted octanol–water partition coefficient (Wildman–Crippen LogP) is 1.95. The van der Waals surface area contributed by atoms with E-state index in [0.29, 0.717) is 22.1 Å². The van der Waals surface area contributed by atoms with Crippen LogP contribution in [0, 0.1) is 0 Å². The van der Waals surface area contributed by atoms with Crippen molar-refractivity contribution in [2.24, 2.45) is 0 Å². The van der Waals surface area contributed by atoms with Gasteiger partial charge in [-0.3, -0.25) is 4.79 Å². The maximum atomic E-state index is 11.1. The van der Waals surface area contributed by atoms with E-state index in [2.05, 4.69) is 15.5 Å². The molecule has 0 N–H and O–H groups in total. The molecule has 0 aromatic carbocycles. The van der Waals surface area contributed by atoms with Gasteiger partial charge in [0.15, 0.2) is 16.6 Å². The van der Waals surface area contributed by atoms with Gasteiger partial charge in [-0.05, 0) is 47.2 Å². The third-order valence-corrected chi connectivity index (χ3v) is 3.35. The maximum absolute atomic E-state index is 11.1. The Morgan fingerprint density at radius 3 is 3.00 bits per heavy atom. The average Bonchev–Trinajstić information content (AvgIpc) is 2.86. The van der Waals surface area contributed by atoms with E-state index in [1.165, 1.54) is 18.7 Å². The van der Waals surface area contributed by atoms with Gasteiger partial charge in [0.05, 0.1) is 6.04 Å². The summed E-state index contributed by atoms with van der Waals surface area (Å²) >= 11 is 1.34. The lowest BCUT2D eigenvalue weighted by Crippen LogP contribution is -1.98. The van der Waals surface area contributed by atoms with Gasteiger partial charge in [-0.1, -0.05) is 0 Å². The van der Waals surface area contributed by atoms with Crippen molar-refractivity contribution in [3.05, 3.63) is 17.9 Å². The lowest BCUT2D eigenvalue weighted by atomic mass is 10.3. The molecule has 2 heterocycles. The molecule has 1 aliphatic carbocycles. The van der Waals surface area contributed by atoms with Crippen LogP contribution in [0.15, 0.2) is 26.8 Å². The van der Waals surface area contributed by atoms with Crippen molar-refractivity contribution in [1.29, 1.82) is 0 Å². The molecule has 0 radical (unpaired) electrons. The van der Waals surface area contributed by atoms with Crippen LogP contribution in [-0.4, -0.2) is 26.0 Å². The van der Waals surface area contributed by atoms with E-state index in [4.69, 9.17) is 4.42 Å². The highest BCUT2D eigenvalue weighted by Gasteiger charge is 2.28. The van der Waals surface area contributed by atoms with Crippen molar-refractivity contribution in [2.75, 3.05) is 0 Å². The standard InChI is InChI=1S/C10H10N4O2S/c1-6(15)8-4-5-9(16-8)17-10-11-12-13-14(10)7-2-3-7/h4-5,7H,2-3H2,1H3. The number of carbonyl (C=O) groups excluding carboxylic acids is 1. The van der Waals surface area contributed by atoms with Gasteiger partial charge in [-0.2, -0.15) is 0 Å². The van der Waals surface area contributed by atoms with Crippen LogP contribution in [0.2, 0.25) is 0 Å². The van der Waals surface area contributed by atoms with Crippen LogP contribution in [-0.2, 0) is 0 Å². The second-order valence-corrected chi connectivity index (χ2v) is 4.89. The molecule has 0 saturated heterocycles. The number of ketones is 1. The quantitative estimate of drug-likeness (QED) is 0.772. The molecule has 0 bridgehead atoms. The SMILES string of the molecule is CC(=O)c1ccc(Sc2nnnn2C2CC2)o1. The average molecular weight is 250 g/mol. The van der Waals surface area contributed by atoms with Gasteiger partial charge in [0.1, 0.15) is 0 Å². The Labute approximate surface area is 101 Å². The van der Waals surface area contributed by atoms with Crippen LogP contribution in [0.3, 0.4) is 0 Å². The van der Waals surface area contributed by atoms with Crippen molar-refractivity contribution >= 4 is 17.5 Å². The molecule has 0 aliphatic heterocycles. The molecule has 7 heteroatoms. The van der Waals surface area contributed by atoms with Crippen molar-refractivity contribution < 1.29 is 9.21 Å². The van der Waals surface area contributed by atoms with Crippen molar-refractivity contribution in [3.8, 4) is 0 Å². The maximum Gasteiger partial charge on any atom is 0.217 e. The fourth-order valence-corrected chi connectivity index (χ4v) is 2.26. The van der Waals surface area contributed by atoms with Gasteiger partial charge >= 0.3 is 0 Å². The molecule has 0 amide bonds. The number of nitrogens with zero attached hydrogens (tertiary/aromatic N) is 4. The number of Topliss-reactive ketones (excluding diaryl/α,β-unsaturated/α-hetero) is 1. The topological polar surface area (TPSA) is 73.8 Å². The van der Waals surface area contributed by atoms with E-state index in [1.54, 1.807) is 16.8 Å². The van der Waals surface area contributed by atoms with E-state index in [0.717, 1.165) is 12.8 Å². The molecule has 88 valence electrons. The minimum absolute atomic E-state index is 0.0846. The summed E-state index contributed by atoms with van der Waals surface area (Å²) in [6, 6.07) is 3.85. The van der Waals surface area contributed by atoms with Crippen molar-refractivity contribution in [3.63, 3.8) is 0 Å². The van der Waals surface area contributed by atoms with Gasteiger partial charge < -0.3 is 4.42 Å². The Bertz CT molecular complexity index is 558. The first-order valence-electron chi connectivity index (χ1n) is 5.30. The predicted molar refractivity (Wildman–Crippen MR) is 58.9 cm³/mol. The molecule has 1 saturated carbocycles. The number of furan rings is 1. The molecule has 2 aromatic heterocycles. The number of carbonyl (C=O) groups is 1. The fraction of sp³-hybridized carbons (Fsp3) is 0.400. The number of tetrazole rings is 1. The summed E-state index contributed by atoms with van der Waals surface area (Å²) in [7, 11) is 0. The number of hydrogen-bond acceptors (Lipinski definition) is 6. The van der Waals surface area contributed by atoms with Gasteiger partial charge in [0, 0.05) is 6.92 Å². The number of rotatable bonds is 4. The molecule has 0 atom stereocenters. The summed E-state index contributed by atoms with van der Waals surface area (Å²) < 4.78 is 7.18. The number of hydrogen-bond donors (Lipinski definition) is 0. The Kier molecular flexibility index (Phi) is 2.47. The Morgan fingerprint density at radius 1 is 1.53 bits per heavy atom. The Hall–Kier alpha value is -1.63.